The van der Waals surface area contributed by atoms with Crippen molar-refractivity contribution in [2.75, 3.05) is 0 Å². The highest BCUT2D eigenvalue weighted by Crippen LogP contribution is 2.20. The molecule has 7 nitrogen and oxygen atoms in total. The Bertz CT molecular complexity index is 1020. The normalized spacial score (nSPS) is 11.1. The lowest BCUT2D eigenvalue weighted by molar-refractivity contribution is 0.286. The summed E-state index contributed by atoms with van der Waals surface area (Å²) in [5.74, 6) is 0.382. The Kier molecular flexibility index (Phi) is 2.82. The number of rotatable bonds is 3. The molecular weight excluding hydrogens is 282 g/mol. The third kappa shape index (κ3) is 1.99. The van der Waals surface area contributed by atoms with Crippen LogP contribution in [-0.2, 0) is 6.61 Å². The Morgan fingerprint density at radius 1 is 1.09 bits per heavy atom. The zero-order chi connectivity index (χ0) is 14.9. The highest BCUT2D eigenvalue weighted by Gasteiger charge is 2.08. The molecule has 0 atom stereocenters. The quantitative estimate of drug-likeness (QED) is 0.619. The van der Waals surface area contributed by atoms with E-state index in [4.69, 9.17) is 4.74 Å². The summed E-state index contributed by atoms with van der Waals surface area (Å²) < 4.78 is 7.47. The van der Waals surface area contributed by atoms with E-state index in [0.29, 0.717) is 16.7 Å². The van der Waals surface area contributed by atoms with Gasteiger partial charge in [-0.2, -0.15) is 5.10 Å². The average molecular weight is 293 g/mol. The maximum absolute atomic E-state index is 11.7. The maximum Gasteiger partial charge on any atom is 0.272 e. The molecule has 0 aliphatic heterocycles. The lowest BCUT2D eigenvalue weighted by atomic mass is 10.2. The summed E-state index contributed by atoms with van der Waals surface area (Å²) in [6, 6.07) is 10.8. The first-order valence-corrected chi connectivity index (χ1v) is 6.71. The van der Waals surface area contributed by atoms with E-state index < -0.39 is 0 Å². The van der Waals surface area contributed by atoms with Gasteiger partial charge in [0, 0.05) is 12.3 Å². The van der Waals surface area contributed by atoms with Gasteiger partial charge in [0.1, 0.15) is 6.61 Å². The molecule has 3 aromatic heterocycles. The van der Waals surface area contributed by atoms with Crippen LogP contribution in [0, 0.1) is 0 Å². The average Bonchev–Trinajstić information content (AvgIpc) is 3.04. The highest BCUT2D eigenvalue weighted by molar-refractivity contribution is 5.85. The molecule has 1 N–H and O–H groups in total. The van der Waals surface area contributed by atoms with Crippen LogP contribution >= 0.6 is 0 Å². The predicted octanol–water partition coefficient (Wildman–Crippen LogP) is 1.54. The zero-order valence-electron chi connectivity index (χ0n) is 11.4. The van der Waals surface area contributed by atoms with Gasteiger partial charge in [-0.25, -0.2) is 14.6 Å². The fourth-order valence-corrected chi connectivity index (χ4v) is 2.34. The maximum atomic E-state index is 11.7. The van der Waals surface area contributed by atoms with Crippen LogP contribution in [0.4, 0.5) is 0 Å². The number of ether oxygens (including phenoxy) is 1. The van der Waals surface area contributed by atoms with Crippen molar-refractivity contribution in [3.8, 4) is 5.88 Å². The molecule has 3 heterocycles. The summed E-state index contributed by atoms with van der Waals surface area (Å²) in [6.45, 7) is 0.268. The van der Waals surface area contributed by atoms with Crippen molar-refractivity contribution in [2.45, 2.75) is 6.61 Å². The van der Waals surface area contributed by atoms with E-state index in [9.17, 15) is 4.79 Å². The number of H-pyrrole nitrogens is 1. The van der Waals surface area contributed by atoms with Crippen molar-refractivity contribution >= 4 is 16.4 Å². The van der Waals surface area contributed by atoms with Crippen molar-refractivity contribution in [1.82, 2.24) is 24.8 Å². The molecule has 4 rings (SSSR count). The second-order valence-electron chi connectivity index (χ2n) is 4.73. The van der Waals surface area contributed by atoms with Crippen LogP contribution in [0.1, 0.15) is 5.69 Å². The summed E-state index contributed by atoms with van der Waals surface area (Å²) in [5.41, 5.74) is 1.36. The third-order valence-electron chi connectivity index (χ3n) is 3.39. The van der Waals surface area contributed by atoms with Crippen LogP contribution in [0.2, 0.25) is 0 Å². The van der Waals surface area contributed by atoms with Crippen LogP contribution in [0.3, 0.4) is 0 Å². The van der Waals surface area contributed by atoms with Gasteiger partial charge in [0.25, 0.3) is 5.56 Å². The first-order valence-electron chi connectivity index (χ1n) is 6.71. The minimum absolute atomic E-state index is 0.235. The molecule has 0 saturated heterocycles. The molecule has 1 aromatic carbocycles. The molecule has 0 radical (unpaired) electrons. The van der Waals surface area contributed by atoms with Crippen LogP contribution in [-0.4, -0.2) is 24.8 Å². The van der Waals surface area contributed by atoms with Crippen molar-refractivity contribution in [3.63, 3.8) is 0 Å². The van der Waals surface area contributed by atoms with E-state index in [0.717, 1.165) is 11.3 Å². The molecule has 0 unspecified atom stereocenters. The van der Waals surface area contributed by atoms with Gasteiger partial charge in [-0.05, 0) is 18.2 Å². The molecule has 0 spiro atoms. The van der Waals surface area contributed by atoms with E-state index in [1.54, 1.807) is 29.0 Å². The second-order valence-corrected chi connectivity index (χ2v) is 4.73. The van der Waals surface area contributed by atoms with Gasteiger partial charge in [0.05, 0.1) is 22.7 Å². The Morgan fingerprint density at radius 3 is 2.86 bits per heavy atom. The monoisotopic (exact) mass is 293 g/mol. The van der Waals surface area contributed by atoms with E-state index in [1.807, 2.05) is 24.3 Å². The van der Waals surface area contributed by atoms with Gasteiger partial charge in [-0.3, -0.25) is 4.79 Å². The number of benzene rings is 1. The number of nitrogens with zero attached hydrogens (tertiary/aromatic N) is 4. The SMILES string of the molecule is O=c1[nH]nc(OCc2ccnc3ccnn23)c2ccccc12. The van der Waals surface area contributed by atoms with E-state index in [1.165, 1.54) is 0 Å². The van der Waals surface area contributed by atoms with Gasteiger partial charge in [0.2, 0.25) is 5.88 Å². The molecule has 7 heteroatoms. The smallest absolute Gasteiger partial charge is 0.272 e. The number of aromatic amines is 1. The molecule has 0 saturated carbocycles. The predicted molar refractivity (Wildman–Crippen MR) is 79.7 cm³/mol. The summed E-state index contributed by atoms with van der Waals surface area (Å²) in [5, 5.41) is 11.9. The Hall–Kier alpha value is -3.22. The summed E-state index contributed by atoms with van der Waals surface area (Å²) in [7, 11) is 0. The lowest BCUT2D eigenvalue weighted by Gasteiger charge is -2.08. The highest BCUT2D eigenvalue weighted by atomic mass is 16.5. The van der Waals surface area contributed by atoms with Crippen molar-refractivity contribution in [3.05, 3.63) is 64.8 Å². The molecule has 4 aromatic rings. The Labute approximate surface area is 124 Å². The molecule has 22 heavy (non-hydrogen) atoms. The van der Waals surface area contributed by atoms with E-state index in [2.05, 4.69) is 20.3 Å². The van der Waals surface area contributed by atoms with Crippen molar-refractivity contribution in [2.24, 2.45) is 0 Å². The Morgan fingerprint density at radius 2 is 1.95 bits per heavy atom. The van der Waals surface area contributed by atoms with Gasteiger partial charge >= 0.3 is 0 Å². The fraction of sp³-hybridized carbons (Fsp3) is 0.0667. The van der Waals surface area contributed by atoms with E-state index >= 15 is 0 Å². The first kappa shape index (κ1) is 12.5. The van der Waals surface area contributed by atoms with E-state index in [-0.39, 0.29) is 12.2 Å². The molecule has 0 aliphatic rings. The largest absolute Gasteiger partial charge is 0.470 e. The minimum atomic E-state index is -0.235. The summed E-state index contributed by atoms with van der Waals surface area (Å²) in [4.78, 5) is 15.9. The topological polar surface area (TPSA) is 85.2 Å². The van der Waals surface area contributed by atoms with Gasteiger partial charge < -0.3 is 4.74 Å². The number of hydrogen-bond donors (Lipinski definition) is 1. The fourth-order valence-electron chi connectivity index (χ4n) is 2.34. The van der Waals surface area contributed by atoms with Crippen LogP contribution < -0.4 is 10.3 Å². The summed E-state index contributed by atoms with van der Waals surface area (Å²) in [6.07, 6.45) is 3.38. The number of nitrogens with one attached hydrogen (secondary N) is 1. The summed E-state index contributed by atoms with van der Waals surface area (Å²) >= 11 is 0. The third-order valence-corrected chi connectivity index (χ3v) is 3.39. The number of fused-ring (bicyclic) bond motifs is 2. The number of hydrogen-bond acceptors (Lipinski definition) is 5. The van der Waals surface area contributed by atoms with Crippen LogP contribution in [0.25, 0.3) is 16.4 Å². The van der Waals surface area contributed by atoms with Crippen molar-refractivity contribution in [1.29, 1.82) is 0 Å². The molecular formula is C15H11N5O2. The van der Waals surface area contributed by atoms with Gasteiger partial charge in [-0.1, -0.05) is 12.1 Å². The molecule has 0 bridgehead atoms. The minimum Gasteiger partial charge on any atom is -0.470 e. The molecule has 0 amide bonds. The van der Waals surface area contributed by atoms with Gasteiger partial charge in [0.15, 0.2) is 5.65 Å². The lowest BCUT2D eigenvalue weighted by Crippen LogP contribution is -2.11. The molecule has 0 fully saturated rings. The van der Waals surface area contributed by atoms with Gasteiger partial charge in [-0.15, -0.1) is 5.10 Å². The first-order chi connectivity index (χ1) is 10.8. The number of aromatic nitrogens is 5. The Balaban J connectivity index is 1.72. The second kappa shape index (κ2) is 4.96. The zero-order valence-corrected chi connectivity index (χ0v) is 11.4. The van der Waals surface area contributed by atoms with Crippen molar-refractivity contribution < 1.29 is 4.74 Å². The molecule has 0 aliphatic carbocycles. The van der Waals surface area contributed by atoms with Crippen LogP contribution in [0.15, 0.2) is 53.6 Å². The molecule has 108 valence electrons. The standard InChI is InChI=1S/C15H11N5O2/c21-14-11-3-1-2-4-12(11)15(19-18-14)22-9-10-5-7-16-13-6-8-17-20(10)13/h1-8H,9H2,(H,18,21). The van der Waals surface area contributed by atoms with Crippen LogP contribution in [0.5, 0.6) is 5.88 Å².